The van der Waals surface area contributed by atoms with Gasteiger partial charge in [0.1, 0.15) is 0 Å². The second-order valence-corrected chi connectivity index (χ2v) is 2.32. The lowest BCUT2D eigenvalue weighted by Gasteiger charge is -1.91. The van der Waals surface area contributed by atoms with Crippen molar-refractivity contribution < 1.29 is 9.53 Å². The summed E-state index contributed by atoms with van der Waals surface area (Å²) >= 11 is 1.35. The Morgan fingerprint density at radius 2 is 2.67 bits per heavy atom. The van der Waals surface area contributed by atoms with Crippen LogP contribution in [0.3, 0.4) is 0 Å². The fourth-order valence-electron chi connectivity index (χ4n) is 0.416. The summed E-state index contributed by atoms with van der Waals surface area (Å²) in [5.41, 5.74) is 0. The van der Waals surface area contributed by atoms with Crippen LogP contribution < -0.4 is 4.74 Å². The molecular formula is C6H5O2S. The van der Waals surface area contributed by atoms with Crippen LogP contribution in [0.2, 0.25) is 0 Å². The van der Waals surface area contributed by atoms with Crippen molar-refractivity contribution in [3.63, 3.8) is 0 Å². The van der Waals surface area contributed by atoms with E-state index < -0.39 is 0 Å². The smallest absolute Gasteiger partial charge is 0.308 e. The van der Waals surface area contributed by atoms with E-state index >= 15 is 0 Å². The molecule has 0 unspecified atom stereocenters. The number of carbonyl (C=O) groups excluding carboxylic acids is 1. The summed E-state index contributed by atoms with van der Waals surface area (Å²) in [6.07, 6.45) is 0. The summed E-state index contributed by atoms with van der Waals surface area (Å²) < 4.78 is 4.68. The topological polar surface area (TPSA) is 26.3 Å². The second kappa shape index (κ2) is 2.64. The molecule has 0 saturated heterocycles. The second-order valence-electron chi connectivity index (χ2n) is 1.45. The molecule has 0 atom stereocenters. The zero-order valence-corrected chi connectivity index (χ0v) is 5.70. The molecule has 9 heavy (non-hydrogen) atoms. The molecule has 1 heterocycles. The molecule has 0 aliphatic heterocycles. The van der Waals surface area contributed by atoms with Gasteiger partial charge in [-0.1, -0.05) is 0 Å². The molecule has 1 radical (unpaired) electrons. The van der Waals surface area contributed by atoms with Crippen molar-refractivity contribution in [1.82, 2.24) is 0 Å². The maximum absolute atomic E-state index is 10.3. The van der Waals surface area contributed by atoms with Crippen LogP contribution in [0.1, 0.15) is 6.92 Å². The van der Waals surface area contributed by atoms with Crippen LogP contribution in [-0.4, -0.2) is 5.97 Å². The first-order valence-corrected chi connectivity index (χ1v) is 3.30. The van der Waals surface area contributed by atoms with Gasteiger partial charge in [-0.05, 0) is 11.4 Å². The molecule has 1 rings (SSSR count). The Kier molecular flexibility index (Phi) is 1.85. The quantitative estimate of drug-likeness (QED) is 0.553. The molecule has 1 aromatic heterocycles. The number of esters is 1. The fraction of sp³-hybridized carbons (Fsp3) is 0.167. The van der Waals surface area contributed by atoms with Gasteiger partial charge in [-0.2, -0.15) is 0 Å². The Balaban J connectivity index is 2.58. The molecule has 0 spiro atoms. The molecule has 0 N–H and O–H groups in total. The summed E-state index contributed by atoms with van der Waals surface area (Å²) in [7, 11) is 0. The van der Waals surface area contributed by atoms with E-state index in [9.17, 15) is 4.79 Å². The maximum atomic E-state index is 10.3. The van der Waals surface area contributed by atoms with Gasteiger partial charge in [0.2, 0.25) is 0 Å². The van der Waals surface area contributed by atoms with Crippen LogP contribution in [0, 0.1) is 6.07 Å². The highest BCUT2D eigenvalue weighted by atomic mass is 32.1. The molecule has 0 aromatic carbocycles. The van der Waals surface area contributed by atoms with E-state index in [0.717, 1.165) is 0 Å². The highest BCUT2D eigenvalue weighted by Gasteiger charge is 1.95. The van der Waals surface area contributed by atoms with Crippen LogP contribution in [0.5, 0.6) is 5.06 Å². The summed E-state index contributed by atoms with van der Waals surface area (Å²) in [4.78, 5) is 10.3. The van der Waals surface area contributed by atoms with E-state index in [1.807, 2.05) is 0 Å². The standard InChI is InChI=1S/C6H5O2S/c1-5(7)8-6-3-2-4-9-6/h2,4H,1H3. The molecule has 1 aromatic rings. The molecule has 3 heteroatoms. The van der Waals surface area contributed by atoms with Gasteiger partial charge in [0, 0.05) is 13.0 Å². The highest BCUT2D eigenvalue weighted by molar-refractivity contribution is 7.11. The molecule has 0 fully saturated rings. The fourth-order valence-corrected chi connectivity index (χ4v) is 0.977. The molecular weight excluding hydrogens is 136 g/mol. The first-order chi connectivity index (χ1) is 4.29. The van der Waals surface area contributed by atoms with Crippen LogP contribution in [0.15, 0.2) is 11.4 Å². The van der Waals surface area contributed by atoms with Gasteiger partial charge in [-0.15, -0.1) is 11.3 Å². The third-order valence-corrected chi connectivity index (χ3v) is 1.37. The lowest BCUT2D eigenvalue weighted by Crippen LogP contribution is -1.98. The Labute approximate surface area is 57.1 Å². The molecule has 0 aliphatic rings. The summed E-state index contributed by atoms with van der Waals surface area (Å²) in [5.74, 6) is -0.297. The maximum Gasteiger partial charge on any atom is 0.308 e. The summed E-state index contributed by atoms with van der Waals surface area (Å²) in [6, 6.07) is 4.46. The van der Waals surface area contributed by atoms with Crippen LogP contribution in [-0.2, 0) is 4.79 Å². The average Bonchev–Trinajstić information content (AvgIpc) is 2.15. The van der Waals surface area contributed by atoms with Gasteiger partial charge in [0.25, 0.3) is 0 Å². The third kappa shape index (κ3) is 1.85. The molecule has 0 aliphatic carbocycles. The molecule has 0 saturated carbocycles. The van der Waals surface area contributed by atoms with Crippen molar-refractivity contribution in [1.29, 1.82) is 0 Å². The van der Waals surface area contributed by atoms with Crippen molar-refractivity contribution >= 4 is 17.3 Å². The van der Waals surface area contributed by atoms with Gasteiger partial charge in [-0.25, -0.2) is 0 Å². The van der Waals surface area contributed by atoms with Gasteiger partial charge in [0.15, 0.2) is 5.06 Å². The Morgan fingerprint density at radius 3 is 3.11 bits per heavy atom. The van der Waals surface area contributed by atoms with Crippen molar-refractivity contribution in [3.8, 4) is 5.06 Å². The zero-order chi connectivity index (χ0) is 6.69. The van der Waals surface area contributed by atoms with E-state index in [1.54, 1.807) is 11.4 Å². The van der Waals surface area contributed by atoms with Crippen molar-refractivity contribution in [2.75, 3.05) is 0 Å². The Bertz CT molecular complexity index is 191. The lowest BCUT2D eigenvalue weighted by atomic mass is 10.6. The SMILES string of the molecule is CC(=O)Oc1[c]ccs1. The molecule has 2 nitrogen and oxygen atoms in total. The van der Waals surface area contributed by atoms with E-state index in [0.29, 0.717) is 5.06 Å². The van der Waals surface area contributed by atoms with Crippen molar-refractivity contribution in [3.05, 3.63) is 17.5 Å². The van der Waals surface area contributed by atoms with Gasteiger partial charge >= 0.3 is 5.97 Å². The number of hydrogen-bond acceptors (Lipinski definition) is 3. The largest absolute Gasteiger partial charge is 0.415 e. The van der Waals surface area contributed by atoms with E-state index in [-0.39, 0.29) is 5.97 Å². The van der Waals surface area contributed by atoms with Gasteiger partial charge < -0.3 is 4.74 Å². The lowest BCUT2D eigenvalue weighted by molar-refractivity contribution is -0.131. The first kappa shape index (κ1) is 6.29. The molecule has 0 amide bonds. The monoisotopic (exact) mass is 141 g/mol. The number of rotatable bonds is 1. The van der Waals surface area contributed by atoms with Gasteiger partial charge in [-0.3, -0.25) is 4.79 Å². The number of carbonyl (C=O) groups is 1. The summed E-state index contributed by atoms with van der Waals surface area (Å²) in [6.45, 7) is 1.37. The Hall–Kier alpha value is -0.830. The highest BCUT2D eigenvalue weighted by Crippen LogP contribution is 2.16. The van der Waals surface area contributed by atoms with Crippen molar-refractivity contribution in [2.45, 2.75) is 6.92 Å². The predicted molar refractivity (Wildman–Crippen MR) is 34.5 cm³/mol. The minimum Gasteiger partial charge on any atom is -0.415 e. The van der Waals surface area contributed by atoms with Gasteiger partial charge in [0.05, 0.1) is 0 Å². The van der Waals surface area contributed by atoms with E-state index in [1.165, 1.54) is 18.3 Å². The summed E-state index contributed by atoms with van der Waals surface area (Å²) in [5, 5.41) is 2.33. The van der Waals surface area contributed by atoms with Crippen LogP contribution in [0.25, 0.3) is 0 Å². The number of hydrogen-bond donors (Lipinski definition) is 0. The zero-order valence-electron chi connectivity index (χ0n) is 4.88. The van der Waals surface area contributed by atoms with E-state index in [4.69, 9.17) is 0 Å². The van der Waals surface area contributed by atoms with E-state index in [2.05, 4.69) is 10.8 Å². The number of ether oxygens (including phenoxy) is 1. The third-order valence-electron chi connectivity index (χ3n) is 0.681. The minimum atomic E-state index is -0.297. The first-order valence-electron chi connectivity index (χ1n) is 2.42. The van der Waals surface area contributed by atoms with Crippen molar-refractivity contribution in [2.24, 2.45) is 0 Å². The Morgan fingerprint density at radius 1 is 1.89 bits per heavy atom. The van der Waals surface area contributed by atoms with Crippen LogP contribution >= 0.6 is 11.3 Å². The normalized spacial score (nSPS) is 9.00. The molecule has 47 valence electrons. The minimum absolute atomic E-state index is 0.297. The average molecular weight is 141 g/mol. The number of thiophene rings is 1. The van der Waals surface area contributed by atoms with Crippen LogP contribution in [0.4, 0.5) is 0 Å². The molecule has 0 bridgehead atoms. The predicted octanol–water partition coefficient (Wildman–Crippen LogP) is 1.47.